The molecule has 0 radical (unpaired) electrons. The summed E-state index contributed by atoms with van der Waals surface area (Å²) in [6, 6.07) is 0. The normalized spacial score (nSPS) is 17.2. The Morgan fingerprint density at radius 3 is 2.40 bits per heavy atom. The summed E-state index contributed by atoms with van der Waals surface area (Å²) in [5.74, 6) is 1.74. The number of hydrogen-bond donors (Lipinski definition) is 1. The molecular formula is C12H21N5O2S. The highest BCUT2D eigenvalue weighted by molar-refractivity contribution is 7.88. The van der Waals surface area contributed by atoms with Crippen LogP contribution in [0.4, 0.5) is 11.6 Å². The molecule has 0 unspecified atom stereocenters. The zero-order chi connectivity index (χ0) is 14.8. The van der Waals surface area contributed by atoms with Crippen LogP contribution in [0.5, 0.6) is 0 Å². The molecule has 112 valence electrons. The Hall–Kier alpha value is -1.41. The van der Waals surface area contributed by atoms with Gasteiger partial charge >= 0.3 is 0 Å². The third kappa shape index (κ3) is 3.01. The summed E-state index contributed by atoms with van der Waals surface area (Å²) in [6.45, 7) is 4.37. The van der Waals surface area contributed by atoms with E-state index in [1.807, 2.05) is 7.05 Å². The van der Waals surface area contributed by atoms with Crippen LogP contribution in [0.3, 0.4) is 0 Å². The average molecular weight is 299 g/mol. The van der Waals surface area contributed by atoms with Crippen LogP contribution >= 0.6 is 0 Å². The maximum absolute atomic E-state index is 11.5. The molecule has 1 aromatic rings. The van der Waals surface area contributed by atoms with Gasteiger partial charge in [-0.2, -0.15) is 4.31 Å². The predicted octanol–water partition coefficient (Wildman–Crippen LogP) is 0.162. The van der Waals surface area contributed by atoms with Crippen molar-refractivity contribution in [2.75, 3.05) is 49.7 Å². The van der Waals surface area contributed by atoms with Crippen molar-refractivity contribution in [3.63, 3.8) is 0 Å². The fourth-order valence-electron chi connectivity index (χ4n) is 2.45. The largest absolute Gasteiger partial charge is 0.373 e. The summed E-state index contributed by atoms with van der Waals surface area (Å²) in [5, 5.41) is 3.07. The van der Waals surface area contributed by atoms with Gasteiger partial charge in [-0.3, -0.25) is 0 Å². The molecule has 2 heterocycles. The third-order valence-corrected chi connectivity index (χ3v) is 4.82. The SMILES string of the molecule is CCc1c(NC)ncnc1N1CCN(S(C)(=O)=O)CC1. The van der Waals surface area contributed by atoms with Gasteiger partial charge in [-0.25, -0.2) is 18.4 Å². The van der Waals surface area contributed by atoms with E-state index in [2.05, 4.69) is 27.1 Å². The maximum Gasteiger partial charge on any atom is 0.211 e. The van der Waals surface area contributed by atoms with Gasteiger partial charge in [0.25, 0.3) is 0 Å². The van der Waals surface area contributed by atoms with Crippen molar-refractivity contribution in [3.05, 3.63) is 11.9 Å². The van der Waals surface area contributed by atoms with Gasteiger partial charge in [0.05, 0.1) is 6.26 Å². The van der Waals surface area contributed by atoms with Crippen LogP contribution in [0.1, 0.15) is 12.5 Å². The fraction of sp³-hybridized carbons (Fsp3) is 0.667. The second kappa shape index (κ2) is 5.92. The van der Waals surface area contributed by atoms with Crippen LogP contribution in [0, 0.1) is 0 Å². The van der Waals surface area contributed by atoms with Gasteiger partial charge in [0.2, 0.25) is 10.0 Å². The lowest BCUT2D eigenvalue weighted by Crippen LogP contribution is -2.48. The van der Waals surface area contributed by atoms with Crippen LogP contribution in [0.15, 0.2) is 6.33 Å². The number of hydrogen-bond acceptors (Lipinski definition) is 6. The molecule has 1 N–H and O–H groups in total. The van der Waals surface area contributed by atoms with Gasteiger partial charge in [-0.1, -0.05) is 6.92 Å². The summed E-state index contributed by atoms with van der Waals surface area (Å²) < 4.78 is 24.6. The van der Waals surface area contributed by atoms with Crippen LogP contribution in [0.25, 0.3) is 0 Å². The lowest BCUT2D eigenvalue weighted by molar-refractivity contribution is 0.386. The zero-order valence-electron chi connectivity index (χ0n) is 12.1. The first-order chi connectivity index (χ1) is 9.47. The minimum Gasteiger partial charge on any atom is -0.373 e. The first-order valence-corrected chi connectivity index (χ1v) is 8.54. The summed E-state index contributed by atoms with van der Waals surface area (Å²) in [6.07, 6.45) is 3.63. The molecule has 1 saturated heterocycles. The van der Waals surface area contributed by atoms with E-state index in [-0.39, 0.29) is 0 Å². The first-order valence-electron chi connectivity index (χ1n) is 6.69. The number of nitrogens with one attached hydrogen (secondary N) is 1. The smallest absolute Gasteiger partial charge is 0.211 e. The molecule has 0 atom stereocenters. The number of rotatable bonds is 4. The first kappa shape index (κ1) is 15.0. The van der Waals surface area contributed by atoms with E-state index >= 15 is 0 Å². The molecule has 0 amide bonds. The molecule has 0 saturated carbocycles. The summed E-state index contributed by atoms with van der Waals surface area (Å²) >= 11 is 0. The molecule has 0 bridgehead atoms. The van der Waals surface area contributed by atoms with E-state index in [0.717, 1.165) is 23.6 Å². The van der Waals surface area contributed by atoms with Crippen molar-refractivity contribution in [2.24, 2.45) is 0 Å². The number of aromatic nitrogens is 2. The zero-order valence-corrected chi connectivity index (χ0v) is 12.9. The quantitative estimate of drug-likeness (QED) is 0.853. The molecule has 7 nitrogen and oxygen atoms in total. The molecule has 0 aliphatic carbocycles. The second-order valence-corrected chi connectivity index (χ2v) is 6.76. The van der Waals surface area contributed by atoms with E-state index in [0.29, 0.717) is 26.2 Å². The Balaban J connectivity index is 2.19. The summed E-state index contributed by atoms with van der Waals surface area (Å²) in [4.78, 5) is 10.7. The standard InChI is InChI=1S/C12H21N5O2S/c1-4-10-11(13-2)14-9-15-12(10)16-5-7-17(8-6-16)20(3,18)19/h9H,4-8H2,1-3H3,(H,13,14,15). The molecule has 0 aromatic carbocycles. The molecule has 1 fully saturated rings. The highest BCUT2D eigenvalue weighted by Gasteiger charge is 2.25. The molecule has 1 aliphatic rings. The molecule has 2 rings (SSSR count). The molecule has 1 aromatic heterocycles. The minimum atomic E-state index is -3.10. The van der Waals surface area contributed by atoms with Crippen LogP contribution in [-0.4, -0.2) is 62.2 Å². The second-order valence-electron chi connectivity index (χ2n) is 4.78. The molecule has 0 spiro atoms. The molecule has 8 heteroatoms. The van der Waals surface area contributed by atoms with E-state index in [1.54, 1.807) is 6.33 Å². The Labute approximate surface area is 120 Å². The van der Waals surface area contributed by atoms with E-state index in [4.69, 9.17) is 0 Å². The van der Waals surface area contributed by atoms with Crippen molar-refractivity contribution in [1.82, 2.24) is 14.3 Å². The number of nitrogens with zero attached hydrogens (tertiary/aromatic N) is 4. The summed E-state index contributed by atoms with van der Waals surface area (Å²) in [5.41, 5.74) is 1.07. The van der Waals surface area contributed by atoms with Gasteiger partial charge in [-0.15, -0.1) is 0 Å². The van der Waals surface area contributed by atoms with Gasteiger partial charge < -0.3 is 10.2 Å². The molecule has 20 heavy (non-hydrogen) atoms. The topological polar surface area (TPSA) is 78.4 Å². The average Bonchev–Trinajstić information content (AvgIpc) is 2.45. The van der Waals surface area contributed by atoms with E-state index < -0.39 is 10.0 Å². The third-order valence-electron chi connectivity index (χ3n) is 3.52. The Morgan fingerprint density at radius 2 is 1.90 bits per heavy atom. The Bertz CT molecular complexity index is 567. The Kier molecular flexibility index (Phi) is 4.44. The monoisotopic (exact) mass is 299 g/mol. The van der Waals surface area contributed by atoms with Crippen LogP contribution in [0.2, 0.25) is 0 Å². The predicted molar refractivity (Wildman–Crippen MR) is 79.6 cm³/mol. The number of piperazine rings is 1. The van der Waals surface area contributed by atoms with Crippen LogP contribution < -0.4 is 10.2 Å². The van der Waals surface area contributed by atoms with Gasteiger partial charge in [-0.05, 0) is 6.42 Å². The summed E-state index contributed by atoms with van der Waals surface area (Å²) in [7, 11) is -1.26. The lowest BCUT2D eigenvalue weighted by Gasteiger charge is -2.35. The molecular weight excluding hydrogens is 278 g/mol. The van der Waals surface area contributed by atoms with E-state index in [1.165, 1.54) is 10.6 Å². The van der Waals surface area contributed by atoms with Gasteiger partial charge in [0, 0.05) is 38.8 Å². The van der Waals surface area contributed by atoms with Crippen LogP contribution in [-0.2, 0) is 16.4 Å². The van der Waals surface area contributed by atoms with Crippen molar-refractivity contribution >= 4 is 21.7 Å². The minimum absolute atomic E-state index is 0.501. The van der Waals surface area contributed by atoms with E-state index in [9.17, 15) is 8.42 Å². The van der Waals surface area contributed by atoms with Crippen molar-refractivity contribution in [2.45, 2.75) is 13.3 Å². The van der Waals surface area contributed by atoms with Gasteiger partial charge in [0.1, 0.15) is 18.0 Å². The Morgan fingerprint density at radius 1 is 1.25 bits per heavy atom. The number of anilines is 2. The van der Waals surface area contributed by atoms with Crippen molar-refractivity contribution in [3.8, 4) is 0 Å². The highest BCUT2D eigenvalue weighted by atomic mass is 32.2. The van der Waals surface area contributed by atoms with Crippen molar-refractivity contribution < 1.29 is 8.42 Å². The maximum atomic E-state index is 11.5. The lowest BCUT2D eigenvalue weighted by atomic mass is 10.2. The number of sulfonamides is 1. The molecule has 1 aliphatic heterocycles. The van der Waals surface area contributed by atoms with Crippen molar-refractivity contribution in [1.29, 1.82) is 0 Å². The fourth-order valence-corrected chi connectivity index (χ4v) is 3.27. The highest BCUT2D eigenvalue weighted by Crippen LogP contribution is 2.24. The van der Waals surface area contributed by atoms with Gasteiger partial charge in [0.15, 0.2) is 0 Å².